The van der Waals surface area contributed by atoms with Crippen LogP contribution in [0, 0.1) is 12.7 Å². The van der Waals surface area contributed by atoms with Crippen molar-refractivity contribution >= 4 is 28.6 Å². The van der Waals surface area contributed by atoms with E-state index in [9.17, 15) is 18.8 Å². The van der Waals surface area contributed by atoms with Crippen LogP contribution in [-0.4, -0.2) is 81.5 Å². The van der Waals surface area contributed by atoms with E-state index >= 15 is 0 Å². The fraction of sp³-hybridized carbons (Fsp3) is 0.385. The molecule has 184 valence electrons. The molecule has 1 aliphatic heterocycles. The summed E-state index contributed by atoms with van der Waals surface area (Å²) in [5.41, 5.74) is 2.64. The molecule has 0 bridgehead atoms. The van der Waals surface area contributed by atoms with Gasteiger partial charge in [-0.1, -0.05) is 12.1 Å². The summed E-state index contributed by atoms with van der Waals surface area (Å²) in [4.78, 5) is 51.3. The maximum absolute atomic E-state index is 13.6. The standard InChI is InChI=1S/C26H30FN5O3/c1-15-13-32(16(2)12-31(15)14-18-6-8-19(27)9-7-18)25(34)20-10-21-22(23(33)26(35)30(4)5)11-28-24(21)29-17(20)3/h6-11,15-16H,12-14H2,1-5H3,(H,28,29)/t15-,16+/m0/s1. The molecule has 2 amide bonds. The normalized spacial score (nSPS) is 18.6. The minimum absolute atomic E-state index is 0.0584. The number of Topliss-reactive ketones (excluding diaryl/α,β-unsaturated/α-hetero) is 1. The van der Waals surface area contributed by atoms with E-state index < -0.39 is 11.7 Å². The molecule has 4 rings (SSSR count). The van der Waals surface area contributed by atoms with E-state index in [4.69, 9.17) is 0 Å². The monoisotopic (exact) mass is 479 g/mol. The molecule has 1 N–H and O–H groups in total. The van der Waals surface area contributed by atoms with E-state index in [0.717, 1.165) is 5.56 Å². The van der Waals surface area contributed by atoms with Crippen LogP contribution in [0.1, 0.15) is 45.8 Å². The van der Waals surface area contributed by atoms with Gasteiger partial charge >= 0.3 is 0 Å². The summed E-state index contributed by atoms with van der Waals surface area (Å²) in [6.07, 6.45) is 1.47. The van der Waals surface area contributed by atoms with Crippen molar-refractivity contribution in [1.29, 1.82) is 0 Å². The molecule has 1 saturated heterocycles. The van der Waals surface area contributed by atoms with Crippen LogP contribution in [0.4, 0.5) is 4.39 Å². The fourth-order valence-electron chi connectivity index (χ4n) is 4.54. The van der Waals surface area contributed by atoms with Crippen LogP contribution in [-0.2, 0) is 11.3 Å². The van der Waals surface area contributed by atoms with Gasteiger partial charge in [0.1, 0.15) is 11.5 Å². The summed E-state index contributed by atoms with van der Waals surface area (Å²) in [6, 6.07) is 8.18. The molecule has 0 aliphatic carbocycles. The number of nitrogens with one attached hydrogen (secondary N) is 1. The van der Waals surface area contributed by atoms with Crippen molar-refractivity contribution in [3.63, 3.8) is 0 Å². The summed E-state index contributed by atoms with van der Waals surface area (Å²) in [5, 5.41) is 0.454. The first-order valence-electron chi connectivity index (χ1n) is 11.6. The Kier molecular flexibility index (Phi) is 6.71. The molecule has 35 heavy (non-hydrogen) atoms. The van der Waals surface area contributed by atoms with Crippen molar-refractivity contribution in [3.05, 3.63) is 64.7 Å². The lowest BCUT2D eigenvalue weighted by molar-refractivity contribution is -0.124. The smallest absolute Gasteiger partial charge is 0.294 e. The zero-order chi connectivity index (χ0) is 25.4. The predicted molar refractivity (Wildman–Crippen MR) is 131 cm³/mol. The first-order valence-corrected chi connectivity index (χ1v) is 11.6. The SMILES string of the molecule is Cc1nc2[nH]cc(C(=O)C(=O)N(C)C)c2cc1C(=O)N1C[C@H](C)N(Cc2ccc(F)cc2)C[C@H]1C. The maximum Gasteiger partial charge on any atom is 0.294 e. The van der Waals surface area contributed by atoms with E-state index in [2.05, 4.69) is 21.8 Å². The Bertz CT molecular complexity index is 1280. The number of aryl methyl sites for hydroxylation is 1. The third-order valence-corrected chi connectivity index (χ3v) is 6.61. The van der Waals surface area contributed by atoms with Crippen LogP contribution >= 0.6 is 0 Å². The highest BCUT2D eigenvalue weighted by Gasteiger charge is 2.33. The van der Waals surface area contributed by atoms with Crippen LogP contribution in [0.3, 0.4) is 0 Å². The molecule has 8 nitrogen and oxygen atoms in total. The van der Waals surface area contributed by atoms with Gasteiger partial charge in [0.2, 0.25) is 0 Å². The van der Waals surface area contributed by atoms with Gasteiger partial charge in [-0.3, -0.25) is 19.3 Å². The van der Waals surface area contributed by atoms with E-state index in [-0.39, 0.29) is 29.4 Å². The lowest BCUT2D eigenvalue weighted by Crippen LogP contribution is -2.57. The Balaban J connectivity index is 1.57. The van der Waals surface area contributed by atoms with Crippen molar-refractivity contribution in [1.82, 2.24) is 24.7 Å². The molecule has 2 aromatic heterocycles. The van der Waals surface area contributed by atoms with Crippen LogP contribution in [0.25, 0.3) is 11.0 Å². The van der Waals surface area contributed by atoms with E-state index in [1.807, 2.05) is 11.8 Å². The summed E-state index contributed by atoms with van der Waals surface area (Å²) in [6.45, 7) is 7.71. The van der Waals surface area contributed by atoms with Gasteiger partial charge in [0.05, 0.1) is 16.8 Å². The van der Waals surface area contributed by atoms with Crippen molar-refractivity contribution in [2.24, 2.45) is 0 Å². The highest BCUT2D eigenvalue weighted by molar-refractivity contribution is 6.44. The van der Waals surface area contributed by atoms with Crippen LogP contribution in [0.5, 0.6) is 0 Å². The summed E-state index contributed by atoms with van der Waals surface area (Å²) >= 11 is 0. The number of rotatable bonds is 5. The van der Waals surface area contributed by atoms with Gasteiger partial charge in [0.15, 0.2) is 0 Å². The molecule has 3 heterocycles. The number of fused-ring (bicyclic) bond motifs is 1. The highest BCUT2D eigenvalue weighted by Crippen LogP contribution is 2.25. The second-order valence-electron chi connectivity index (χ2n) is 9.46. The van der Waals surface area contributed by atoms with Crippen molar-refractivity contribution < 1.29 is 18.8 Å². The minimum atomic E-state index is -0.651. The number of likely N-dealkylation sites (N-methyl/N-ethyl adjacent to an activating group) is 1. The Morgan fingerprint density at radius 2 is 1.77 bits per heavy atom. The molecule has 0 saturated carbocycles. The number of hydrogen-bond acceptors (Lipinski definition) is 5. The van der Waals surface area contributed by atoms with Gasteiger partial charge in [-0.25, -0.2) is 9.37 Å². The van der Waals surface area contributed by atoms with Crippen molar-refractivity contribution in [3.8, 4) is 0 Å². The Morgan fingerprint density at radius 3 is 2.43 bits per heavy atom. The topological polar surface area (TPSA) is 89.6 Å². The minimum Gasteiger partial charge on any atom is -0.345 e. The zero-order valence-corrected chi connectivity index (χ0v) is 20.6. The van der Waals surface area contributed by atoms with Crippen LogP contribution in [0.15, 0.2) is 36.5 Å². The average Bonchev–Trinajstić information content (AvgIpc) is 3.23. The number of H-pyrrole nitrogens is 1. The van der Waals surface area contributed by atoms with Gasteiger partial charge < -0.3 is 14.8 Å². The van der Waals surface area contributed by atoms with Gasteiger partial charge in [-0.2, -0.15) is 0 Å². The number of pyridine rings is 1. The van der Waals surface area contributed by atoms with Gasteiger partial charge in [-0.15, -0.1) is 0 Å². The third kappa shape index (κ3) is 4.81. The number of carbonyl (C=O) groups is 3. The lowest BCUT2D eigenvalue weighted by Gasteiger charge is -2.44. The first-order chi connectivity index (χ1) is 16.6. The van der Waals surface area contributed by atoms with Crippen molar-refractivity contribution in [2.75, 3.05) is 27.2 Å². The van der Waals surface area contributed by atoms with Crippen LogP contribution < -0.4 is 0 Å². The molecule has 0 unspecified atom stereocenters. The molecule has 1 aromatic carbocycles. The van der Waals surface area contributed by atoms with Crippen molar-refractivity contribution in [2.45, 2.75) is 39.4 Å². The molecule has 9 heteroatoms. The predicted octanol–water partition coefficient (Wildman–Crippen LogP) is 3.02. The second kappa shape index (κ2) is 9.58. The molecular formula is C26H30FN5O3. The Morgan fingerprint density at radius 1 is 1.09 bits per heavy atom. The number of piperazine rings is 1. The number of benzene rings is 1. The zero-order valence-electron chi connectivity index (χ0n) is 20.6. The molecule has 0 spiro atoms. The summed E-state index contributed by atoms with van der Waals surface area (Å²) < 4.78 is 13.3. The first kappa shape index (κ1) is 24.5. The highest BCUT2D eigenvalue weighted by atomic mass is 19.1. The van der Waals surface area contributed by atoms with Crippen LogP contribution in [0.2, 0.25) is 0 Å². The quantitative estimate of drug-likeness (QED) is 0.449. The number of halogens is 1. The Labute approximate surface area is 203 Å². The van der Waals surface area contributed by atoms with Gasteiger partial charge in [0.25, 0.3) is 17.6 Å². The van der Waals surface area contributed by atoms with E-state index in [0.29, 0.717) is 41.9 Å². The Hall–Kier alpha value is -3.59. The van der Waals surface area contributed by atoms with Gasteiger partial charge in [0, 0.05) is 57.4 Å². The fourth-order valence-corrected chi connectivity index (χ4v) is 4.54. The number of amides is 2. The molecular weight excluding hydrogens is 449 g/mol. The number of nitrogens with zero attached hydrogens (tertiary/aromatic N) is 4. The number of aromatic nitrogens is 2. The number of carbonyl (C=O) groups excluding carboxylic acids is 3. The largest absolute Gasteiger partial charge is 0.345 e. The number of aromatic amines is 1. The van der Waals surface area contributed by atoms with E-state index in [1.54, 1.807) is 25.1 Å². The van der Waals surface area contributed by atoms with Gasteiger partial charge in [-0.05, 0) is 44.5 Å². The number of hydrogen-bond donors (Lipinski definition) is 1. The maximum atomic E-state index is 13.6. The molecule has 1 aliphatic rings. The third-order valence-electron chi connectivity index (χ3n) is 6.61. The average molecular weight is 480 g/mol. The van der Waals surface area contributed by atoms with E-state index in [1.165, 1.54) is 37.3 Å². The number of ketones is 1. The second-order valence-corrected chi connectivity index (χ2v) is 9.46. The molecule has 1 fully saturated rings. The lowest BCUT2D eigenvalue weighted by atomic mass is 10.0. The molecule has 3 aromatic rings. The molecule has 0 radical (unpaired) electrons. The summed E-state index contributed by atoms with van der Waals surface area (Å²) in [5.74, 6) is -1.71. The molecule has 2 atom stereocenters. The summed E-state index contributed by atoms with van der Waals surface area (Å²) in [7, 11) is 3.04.